The summed E-state index contributed by atoms with van der Waals surface area (Å²) in [5.74, 6) is -2.29. The van der Waals surface area contributed by atoms with Crippen molar-refractivity contribution >= 4 is 17.9 Å². The molecule has 0 spiro atoms. The van der Waals surface area contributed by atoms with E-state index in [0.29, 0.717) is 12.8 Å². The van der Waals surface area contributed by atoms with E-state index in [1.807, 2.05) is 6.92 Å². The molecule has 8 N–H and O–H groups in total. The first-order valence-electron chi connectivity index (χ1n) is 16.9. The van der Waals surface area contributed by atoms with E-state index >= 15 is 0 Å². The Bertz CT molecular complexity index is 690. The Kier molecular flexibility index (Phi) is 41.7. The van der Waals surface area contributed by atoms with Crippen LogP contribution in [0.25, 0.3) is 0 Å². The van der Waals surface area contributed by atoms with Gasteiger partial charge in [0.05, 0.1) is 45.1 Å². The van der Waals surface area contributed by atoms with Gasteiger partial charge in [-0.3, -0.25) is 4.79 Å². The molecule has 12 heteroatoms. The molecule has 0 aliphatic heterocycles. The first-order chi connectivity index (χ1) is 22.4. The molecular weight excluding hydrogens is 612 g/mol. The number of rotatable bonds is 27. The fraction of sp³-hybridized carbons (Fsp3) is 0.800. The molecule has 0 fully saturated rings. The molecule has 0 aliphatic rings. The maximum absolute atomic E-state index is 11.7. The fourth-order valence-electron chi connectivity index (χ4n) is 3.72. The summed E-state index contributed by atoms with van der Waals surface area (Å²) in [6.45, 7) is 8.16. The van der Waals surface area contributed by atoms with Crippen molar-refractivity contribution in [3.05, 3.63) is 25.3 Å². The highest BCUT2D eigenvalue weighted by atomic mass is 16.5. The maximum Gasteiger partial charge on any atom is 0.327 e. The van der Waals surface area contributed by atoms with Gasteiger partial charge in [0.25, 0.3) is 0 Å². The van der Waals surface area contributed by atoms with Crippen molar-refractivity contribution in [2.75, 3.05) is 46.2 Å². The molecule has 12 nitrogen and oxygen atoms in total. The van der Waals surface area contributed by atoms with Crippen molar-refractivity contribution in [1.82, 2.24) is 0 Å². The summed E-state index contributed by atoms with van der Waals surface area (Å²) in [6, 6.07) is 0. The topological polar surface area (TPSA) is 222 Å². The second-order valence-corrected chi connectivity index (χ2v) is 11.7. The average molecular weight is 681 g/mol. The van der Waals surface area contributed by atoms with E-state index in [0.717, 1.165) is 31.4 Å². The third-order valence-electron chi connectivity index (χ3n) is 7.64. The third-order valence-corrected chi connectivity index (χ3v) is 7.64. The van der Waals surface area contributed by atoms with Gasteiger partial charge in [-0.25, -0.2) is 9.59 Å². The molecule has 0 aromatic rings. The van der Waals surface area contributed by atoms with Crippen LogP contribution in [0.2, 0.25) is 0 Å². The molecule has 0 radical (unpaired) electrons. The molecule has 0 aliphatic carbocycles. The minimum Gasteiger partial charge on any atom is -0.478 e. The van der Waals surface area contributed by atoms with Gasteiger partial charge in [-0.2, -0.15) is 0 Å². The smallest absolute Gasteiger partial charge is 0.327 e. The average Bonchev–Trinajstić information content (AvgIpc) is 3.09. The van der Waals surface area contributed by atoms with Crippen LogP contribution in [0.3, 0.4) is 0 Å². The van der Waals surface area contributed by atoms with Crippen molar-refractivity contribution < 1.29 is 60.0 Å². The number of hydrogen-bond donors (Lipinski definition) is 8. The number of aliphatic hydroxyl groups excluding tert-OH is 6. The minimum absolute atomic E-state index is 0.145. The number of aliphatic hydroxyl groups is 6. The van der Waals surface area contributed by atoms with Crippen molar-refractivity contribution in [3.63, 3.8) is 0 Å². The van der Waals surface area contributed by atoms with Crippen LogP contribution >= 0.6 is 0 Å². The molecule has 0 atom stereocenters. The van der Waals surface area contributed by atoms with Crippen LogP contribution in [-0.4, -0.2) is 105 Å². The van der Waals surface area contributed by atoms with E-state index in [-0.39, 0.29) is 32.4 Å². The Morgan fingerprint density at radius 3 is 1.02 bits per heavy atom. The van der Waals surface area contributed by atoms with Gasteiger partial charge in [-0.15, -0.1) is 0 Å². The summed E-state index contributed by atoms with van der Waals surface area (Å²) in [6.07, 6.45) is 21.9. The monoisotopic (exact) mass is 680 g/mol. The minimum atomic E-state index is -1.13. The van der Waals surface area contributed by atoms with Crippen molar-refractivity contribution in [2.45, 2.75) is 123 Å². The summed E-state index contributed by atoms with van der Waals surface area (Å²) in [7, 11) is 0. The van der Waals surface area contributed by atoms with Gasteiger partial charge < -0.3 is 45.6 Å². The van der Waals surface area contributed by atoms with E-state index < -0.39 is 42.6 Å². The van der Waals surface area contributed by atoms with Gasteiger partial charge >= 0.3 is 17.9 Å². The number of esters is 1. The van der Waals surface area contributed by atoms with E-state index in [1.165, 1.54) is 77.0 Å². The predicted octanol–water partition coefficient (Wildman–Crippen LogP) is 4.63. The van der Waals surface area contributed by atoms with Crippen molar-refractivity contribution in [1.29, 1.82) is 0 Å². The second kappa shape index (κ2) is 38.1. The zero-order valence-corrected chi connectivity index (χ0v) is 29.3. The van der Waals surface area contributed by atoms with Crippen LogP contribution in [0.5, 0.6) is 0 Å². The molecule has 0 unspecified atom stereocenters. The first kappa shape index (κ1) is 51.5. The summed E-state index contributed by atoms with van der Waals surface area (Å²) >= 11 is 0. The quantitative estimate of drug-likeness (QED) is 0.0338. The van der Waals surface area contributed by atoms with Crippen LogP contribution < -0.4 is 0 Å². The van der Waals surface area contributed by atoms with E-state index in [1.54, 1.807) is 0 Å². The van der Waals surface area contributed by atoms with Gasteiger partial charge in [-0.1, -0.05) is 117 Å². The molecule has 0 saturated carbocycles. The Morgan fingerprint density at radius 2 is 0.809 bits per heavy atom. The normalized spacial score (nSPS) is 10.6. The summed E-state index contributed by atoms with van der Waals surface area (Å²) < 4.78 is 5.08. The van der Waals surface area contributed by atoms with Gasteiger partial charge in [0.1, 0.15) is 6.61 Å². The van der Waals surface area contributed by atoms with E-state index in [9.17, 15) is 29.7 Å². The number of carboxylic acids is 2. The number of unbranched alkanes of at least 4 members (excludes halogenated alkanes) is 14. The lowest BCUT2D eigenvalue weighted by Crippen LogP contribution is -2.39. The lowest BCUT2D eigenvalue weighted by atomic mass is 9.88. The predicted molar refractivity (Wildman–Crippen MR) is 184 cm³/mol. The lowest BCUT2D eigenvalue weighted by Gasteiger charge is -2.26. The highest BCUT2D eigenvalue weighted by molar-refractivity contribution is 5.79. The van der Waals surface area contributed by atoms with Crippen molar-refractivity contribution in [2.24, 2.45) is 10.8 Å². The Balaban J connectivity index is -0.000000392. The molecule has 0 rings (SSSR count). The van der Waals surface area contributed by atoms with Crippen LogP contribution in [0.15, 0.2) is 25.3 Å². The Morgan fingerprint density at radius 1 is 0.532 bits per heavy atom. The SMILES string of the molecule is C=CC(=O)O.C=CC(=O)O.CCC(CO)(CO)CO.CCCCCCCCCCCCCCCCCC(=O)OCC(CO)(CO)CO. The van der Waals surface area contributed by atoms with Crippen molar-refractivity contribution in [3.8, 4) is 0 Å². The van der Waals surface area contributed by atoms with Crippen LogP contribution in [0, 0.1) is 10.8 Å². The molecule has 280 valence electrons. The van der Waals surface area contributed by atoms with Gasteiger partial charge in [0.15, 0.2) is 0 Å². The first-order valence-corrected chi connectivity index (χ1v) is 16.9. The molecule has 0 aromatic carbocycles. The molecule has 0 bridgehead atoms. The van der Waals surface area contributed by atoms with Crippen LogP contribution in [-0.2, 0) is 19.1 Å². The zero-order valence-electron chi connectivity index (χ0n) is 29.3. The number of carbonyl (C=O) groups is 3. The van der Waals surface area contributed by atoms with Crippen LogP contribution in [0.1, 0.15) is 123 Å². The molecule has 47 heavy (non-hydrogen) atoms. The summed E-state index contributed by atoms with van der Waals surface area (Å²) in [5.41, 5.74) is -1.80. The molecule has 0 heterocycles. The standard InChI is InChI=1S/C23H46O5.C6H14O3.2C3H4O2/c1-2-3-4-5-6-7-8-9-10-11-12-13-14-15-16-17-22(27)28-21-23(18-24,19-25)20-26;1-2-6(3-7,4-8)5-9;2*1-2-3(4)5/h24-26H,2-21H2,1H3;7-9H,2-5H2,1H3;2*2H,1H2,(H,4,5). The lowest BCUT2D eigenvalue weighted by molar-refractivity contribution is -0.151. The molecular formula is C35H68O12. The van der Waals surface area contributed by atoms with Gasteiger partial charge in [0.2, 0.25) is 0 Å². The highest BCUT2D eigenvalue weighted by Crippen LogP contribution is 2.18. The number of ether oxygens (including phenoxy) is 1. The number of hydrogen-bond acceptors (Lipinski definition) is 10. The van der Waals surface area contributed by atoms with Gasteiger partial charge in [0, 0.05) is 24.0 Å². The zero-order chi connectivity index (χ0) is 36.8. The second-order valence-electron chi connectivity index (χ2n) is 11.7. The fourth-order valence-corrected chi connectivity index (χ4v) is 3.72. The number of carboxylic acid groups (broad SMARTS) is 2. The third kappa shape index (κ3) is 36.3. The van der Waals surface area contributed by atoms with Crippen LogP contribution in [0.4, 0.5) is 0 Å². The number of carbonyl (C=O) groups excluding carboxylic acids is 1. The highest BCUT2D eigenvalue weighted by Gasteiger charge is 2.30. The largest absolute Gasteiger partial charge is 0.478 e. The molecule has 0 saturated heterocycles. The van der Waals surface area contributed by atoms with E-state index in [2.05, 4.69) is 20.1 Å². The molecule has 0 aromatic heterocycles. The summed E-state index contributed by atoms with van der Waals surface area (Å²) in [4.78, 5) is 30.2. The number of aliphatic carboxylic acids is 2. The molecule has 0 amide bonds. The summed E-state index contributed by atoms with van der Waals surface area (Å²) in [5, 5.41) is 68.8. The van der Waals surface area contributed by atoms with Gasteiger partial charge in [-0.05, 0) is 12.8 Å². The Hall–Kier alpha value is -2.35. The van der Waals surface area contributed by atoms with E-state index in [4.69, 9.17) is 30.3 Å². The maximum atomic E-state index is 11.7. The Labute approximate surface area is 283 Å².